The van der Waals surface area contributed by atoms with Crippen molar-refractivity contribution in [2.45, 2.75) is 33.0 Å². The first kappa shape index (κ1) is 21.2. The highest BCUT2D eigenvalue weighted by Crippen LogP contribution is 2.30. The van der Waals surface area contributed by atoms with Gasteiger partial charge in [-0.3, -0.25) is 9.59 Å². The fraction of sp³-hybridized carbons (Fsp3) is 0.364. The molecule has 1 unspecified atom stereocenters. The van der Waals surface area contributed by atoms with Crippen LogP contribution in [0.3, 0.4) is 0 Å². The molecule has 5 rings (SSSR count). The Morgan fingerprint density at radius 2 is 2.03 bits per heavy atom. The van der Waals surface area contributed by atoms with Crippen molar-refractivity contribution >= 4 is 44.9 Å². The second-order valence-electron chi connectivity index (χ2n) is 7.78. The summed E-state index contributed by atoms with van der Waals surface area (Å²) >= 11 is 1.68. The standard InChI is InChI=1S/C15H20N4O3.C7H5NS/c1-9-3-2-4-19(6-9)15(21)14(20)18-12-5-17-13(16)11-8-22-7-10(11)12;1-2-4-7-6(3-1)8-5-9-7/h5,9H,2-4,6-8H2,1H3,(H2,16,17)(H,18,20);1-5H. The number of carbonyl (C=O) groups excluding carboxylic acids is 2. The Morgan fingerprint density at radius 1 is 1.23 bits per heavy atom. The number of nitrogens with two attached hydrogens (primary N) is 1. The highest BCUT2D eigenvalue weighted by Gasteiger charge is 2.28. The smallest absolute Gasteiger partial charge is 0.313 e. The van der Waals surface area contributed by atoms with Crippen molar-refractivity contribution < 1.29 is 14.3 Å². The summed E-state index contributed by atoms with van der Waals surface area (Å²) in [4.78, 5) is 34.3. The average Bonchev–Trinajstić information content (AvgIpc) is 3.46. The summed E-state index contributed by atoms with van der Waals surface area (Å²) in [7, 11) is 0. The number of pyridine rings is 1. The first-order chi connectivity index (χ1) is 15.0. The fourth-order valence-electron chi connectivity index (χ4n) is 3.79. The zero-order valence-electron chi connectivity index (χ0n) is 17.3. The molecule has 0 bridgehead atoms. The Balaban J connectivity index is 0.000000212. The van der Waals surface area contributed by atoms with Gasteiger partial charge in [-0.15, -0.1) is 11.3 Å². The molecular weight excluding hydrogens is 414 g/mol. The van der Waals surface area contributed by atoms with Gasteiger partial charge in [-0.05, 0) is 30.9 Å². The van der Waals surface area contributed by atoms with Crippen LogP contribution in [0, 0.1) is 5.92 Å². The Hall–Kier alpha value is -3.04. The zero-order chi connectivity index (χ0) is 21.8. The molecule has 3 N–H and O–H groups in total. The monoisotopic (exact) mass is 439 g/mol. The third-order valence-corrected chi connectivity index (χ3v) is 6.26. The van der Waals surface area contributed by atoms with Crippen molar-refractivity contribution in [2.24, 2.45) is 5.92 Å². The number of anilines is 2. The van der Waals surface area contributed by atoms with E-state index in [1.165, 1.54) is 10.9 Å². The van der Waals surface area contributed by atoms with Crippen LogP contribution in [0.5, 0.6) is 0 Å². The zero-order valence-corrected chi connectivity index (χ0v) is 18.2. The predicted octanol–water partition coefficient (Wildman–Crippen LogP) is 3.19. The third-order valence-electron chi connectivity index (χ3n) is 5.45. The van der Waals surface area contributed by atoms with Crippen molar-refractivity contribution in [3.05, 3.63) is 47.1 Å². The highest BCUT2D eigenvalue weighted by atomic mass is 32.1. The second kappa shape index (κ2) is 9.40. The van der Waals surface area contributed by atoms with Gasteiger partial charge < -0.3 is 20.7 Å². The van der Waals surface area contributed by atoms with Crippen LogP contribution in [0.1, 0.15) is 30.9 Å². The van der Waals surface area contributed by atoms with Crippen LogP contribution in [0.25, 0.3) is 10.2 Å². The minimum Gasteiger partial charge on any atom is -0.383 e. The summed E-state index contributed by atoms with van der Waals surface area (Å²) in [6.07, 6.45) is 3.51. The lowest BCUT2D eigenvalue weighted by atomic mass is 10.0. The largest absolute Gasteiger partial charge is 0.383 e. The molecule has 2 aromatic heterocycles. The van der Waals surface area contributed by atoms with Gasteiger partial charge >= 0.3 is 11.8 Å². The maximum Gasteiger partial charge on any atom is 0.313 e. The molecule has 31 heavy (non-hydrogen) atoms. The maximum atomic E-state index is 12.3. The number of rotatable bonds is 1. The van der Waals surface area contributed by atoms with Gasteiger partial charge in [-0.2, -0.15) is 0 Å². The SMILES string of the molecule is CC1CCCN(C(=O)C(=O)Nc2cnc(N)c3c2COC3)C1.c1ccc2scnc2c1. The molecular formula is C22H25N5O3S. The van der Waals surface area contributed by atoms with Crippen molar-refractivity contribution in [3.8, 4) is 0 Å². The number of benzene rings is 1. The number of amides is 2. The summed E-state index contributed by atoms with van der Waals surface area (Å²) in [6.45, 7) is 4.11. The summed E-state index contributed by atoms with van der Waals surface area (Å²) in [6, 6.07) is 8.13. The van der Waals surface area contributed by atoms with Crippen LogP contribution < -0.4 is 11.1 Å². The van der Waals surface area contributed by atoms with Gasteiger partial charge in [0, 0.05) is 24.2 Å². The lowest BCUT2D eigenvalue weighted by Crippen LogP contribution is -2.44. The van der Waals surface area contributed by atoms with E-state index < -0.39 is 11.8 Å². The Morgan fingerprint density at radius 3 is 2.84 bits per heavy atom. The second-order valence-corrected chi connectivity index (χ2v) is 8.67. The molecule has 1 saturated heterocycles. The van der Waals surface area contributed by atoms with Crippen molar-refractivity contribution in [3.63, 3.8) is 0 Å². The first-order valence-electron chi connectivity index (χ1n) is 10.3. The molecule has 0 spiro atoms. The van der Waals surface area contributed by atoms with Crippen molar-refractivity contribution in [1.82, 2.24) is 14.9 Å². The number of nitrogens with one attached hydrogen (secondary N) is 1. The molecule has 2 aliphatic heterocycles. The molecule has 0 aliphatic carbocycles. The number of nitrogen functional groups attached to an aromatic ring is 1. The van der Waals surface area contributed by atoms with E-state index in [1.807, 2.05) is 23.7 Å². The van der Waals surface area contributed by atoms with E-state index in [-0.39, 0.29) is 0 Å². The number of likely N-dealkylation sites (tertiary alicyclic amines) is 1. The summed E-state index contributed by atoms with van der Waals surface area (Å²) < 4.78 is 6.60. The molecule has 1 atom stereocenters. The van der Waals surface area contributed by atoms with Crippen molar-refractivity contribution in [1.29, 1.82) is 0 Å². The van der Waals surface area contributed by atoms with E-state index >= 15 is 0 Å². The molecule has 3 aromatic rings. The Labute approximate surface area is 184 Å². The molecule has 1 fully saturated rings. The van der Waals surface area contributed by atoms with Crippen molar-refractivity contribution in [2.75, 3.05) is 24.1 Å². The van der Waals surface area contributed by atoms with Gasteiger partial charge in [0.2, 0.25) is 0 Å². The van der Waals surface area contributed by atoms with E-state index in [9.17, 15) is 9.59 Å². The van der Waals surface area contributed by atoms with Crippen LogP contribution in [-0.2, 0) is 27.5 Å². The molecule has 9 heteroatoms. The predicted molar refractivity (Wildman–Crippen MR) is 120 cm³/mol. The minimum atomic E-state index is -0.630. The van der Waals surface area contributed by atoms with E-state index in [2.05, 4.69) is 28.3 Å². The van der Waals surface area contributed by atoms with Gasteiger partial charge in [0.05, 0.1) is 40.8 Å². The molecule has 2 amide bonds. The lowest BCUT2D eigenvalue weighted by molar-refractivity contribution is -0.144. The van der Waals surface area contributed by atoms with Crippen LogP contribution in [-0.4, -0.2) is 39.8 Å². The number of piperidine rings is 1. The van der Waals surface area contributed by atoms with Crippen LogP contribution in [0.15, 0.2) is 36.0 Å². The van der Waals surface area contributed by atoms with Gasteiger partial charge in [0.15, 0.2) is 0 Å². The normalized spacial score (nSPS) is 17.6. The third kappa shape index (κ3) is 4.83. The molecule has 4 heterocycles. The molecule has 162 valence electrons. The number of fused-ring (bicyclic) bond motifs is 2. The molecule has 0 saturated carbocycles. The summed E-state index contributed by atoms with van der Waals surface area (Å²) in [5.74, 6) is -0.283. The van der Waals surface area contributed by atoms with Gasteiger partial charge in [-0.1, -0.05) is 19.1 Å². The average molecular weight is 440 g/mol. The van der Waals surface area contributed by atoms with Crippen LogP contribution >= 0.6 is 11.3 Å². The fourth-order valence-corrected chi connectivity index (χ4v) is 4.47. The minimum absolute atomic E-state index is 0.368. The number of nitrogens with zero attached hydrogens (tertiary/aromatic N) is 3. The quantitative estimate of drug-likeness (QED) is 0.564. The van der Waals surface area contributed by atoms with E-state index in [4.69, 9.17) is 10.5 Å². The molecule has 8 nitrogen and oxygen atoms in total. The summed E-state index contributed by atoms with van der Waals surface area (Å²) in [5.41, 5.74) is 10.8. The number of thiazole rings is 1. The lowest BCUT2D eigenvalue weighted by Gasteiger charge is -2.30. The summed E-state index contributed by atoms with van der Waals surface area (Å²) in [5, 5.41) is 2.65. The molecule has 0 radical (unpaired) electrons. The number of para-hydroxylation sites is 1. The number of hydrogen-bond acceptors (Lipinski definition) is 7. The highest BCUT2D eigenvalue weighted by molar-refractivity contribution is 7.16. The topological polar surface area (TPSA) is 110 Å². The maximum absolute atomic E-state index is 12.3. The number of carbonyl (C=O) groups is 2. The Bertz CT molecular complexity index is 1070. The van der Waals surface area contributed by atoms with E-state index in [0.29, 0.717) is 43.7 Å². The van der Waals surface area contributed by atoms with Crippen LogP contribution in [0.4, 0.5) is 11.5 Å². The van der Waals surface area contributed by atoms with Gasteiger partial charge in [0.25, 0.3) is 0 Å². The molecule has 2 aliphatic rings. The van der Waals surface area contributed by atoms with Gasteiger partial charge in [-0.25, -0.2) is 9.97 Å². The van der Waals surface area contributed by atoms with E-state index in [1.54, 1.807) is 16.2 Å². The first-order valence-corrected chi connectivity index (χ1v) is 11.1. The number of hydrogen-bond donors (Lipinski definition) is 2. The molecule has 1 aromatic carbocycles. The Kier molecular flexibility index (Phi) is 6.43. The number of aromatic nitrogens is 2. The van der Waals surface area contributed by atoms with Gasteiger partial charge in [0.1, 0.15) is 5.82 Å². The van der Waals surface area contributed by atoms with Crippen LogP contribution in [0.2, 0.25) is 0 Å². The van der Waals surface area contributed by atoms with E-state index in [0.717, 1.165) is 29.5 Å². The number of ether oxygens (including phenoxy) is 1.